The molecule has 5 nitrogen and oxygen atoms in total. The molecule has 0 bridgehead atoms. The van der Waals surface area contributed by atoms with Crippen LogP contribution in [0.5, 0.6) is 0 Å². The molecular formula is C14H12N4O. The minimum atomic E-state index is -0.175. The Balaban J connectivity index is 1.89. The maximum Gasteiger partial charge on any atom is 0.256 e. The van der Waals surface area contributed by atoms with Crippen LogP contribution in [0.15, 0.2) is 49.2 Å². The third-order valence-corrected chi connectivity index (χ3v) is 2.92. The van der Waals surface area contributed by atoms with Gasteiger partial charge >= 0.3 is 0 Å². The van der Waals surface area contributed by atoms with Gasteiger partial charge in [-0.3, -0.25) is 4.79 Å². The monoisotopic (exact) mass is 252 g/mol. The molecule has 0 aliphatic carbocycles. The Kier molecular flexibility index (Phi) is 2.72. The Bertz CT molecular complexity index is 748. The van der Waals surface area contributed by atoms with E-state index >= 15 is 0 Å². The second-order valence-electron chi connectivity index (χ2n) is 4.26. The van der Waals surface area contributed by atoms with Gasteiger partial charge < -0.3 is 9.72 Å². The van der Waals surface area contributed by atoms with Gasteiger partial charge in [0.25, 0.3) is 5.91 Å². The number of amides is 1. The van der Waals surface area contributed by atoms with Crippen LogP contribution in [0.3, 0.4) is 0 Å². The zero-order valence-electron chi connectivity index (χ0n) is 10.4. The van der Waals surface area contributed by atoms with E-state index in [4.69, 9.17) is 0 Å². The van der Waals surface area contributed by atoms with Gasteiger partial charge in [0.15, 0.2) is 0 Å². The number of imidazole rings is 1. The lowest BCUT2D eigenvalue weighted by atomic mass is 10.2. The molecule has 0 saturated carbocycles. The van der Waals surface area contributed by atoms with Crippen molar-refractivity contribution >= 4 is 17.2 Å². The van der Waals surface area contributed by atoms with Gasteiger partial charge in [0.1, 0.15) is 5.82 Å². The zero-order valence-corrected chi connectivity index (χ0v) is 10.4. The lowest BCUT2D eigenvalue weighted by Crippen LogP contribution is -2.14. The summed E-state index contributed by atoms with van der Waals surface area (Å²) in [5.74, 6) is 0.409. The third kappa shape index (κ3) is 2.18. The van der Waals surface area contributed by atoms with Gasteiger partial charge in [-0.25, -0.2) is 9.97 Å². The Hall–Kier alpha value is -2.69. The molecule has 3 rings (SSSR count). The Labute approximate surface area is 109 Å². The van der Waals surface area contributed by atoms with Crippen molar-refractivity contribution in [2.24, 2.45) is 0 Å². The topological polar surface area (TPSA) is 59.3 Å². The van der Waals surface area contributed by atoms with Gasteiger partial charge in [-0.15, -0.1) is 0 Å². The average molecular weight is 252 g/mol. The molecule has 3 aromatic rings. The highest BCUT2D eigenvalue weighted by Crippen LogP contribution is 2.12. The summed E-state index contributed by atoms with van der Waals surface area (Å²) in [4.78, 5) is 20.3. The summed E-state index contributed by atoms with van der Waals surface area (Å²) in [7, 11) is 0. The minimum absolute atomic E-state index is 0.175. The smallest absolute Gasteiger partial charge is 0.256 e. The fourth-order valence-corrected chi connectivity index (χ4v) is 1.86. The molecule has 0 aliphatic rings. The number of rotatable bonds is 2. The first-order valence-electron chi connectivity index (χ1n) is 5.89. The number of carbonyl (C=O) groups is 1. The van der Waals surface area contributed by atoms with E-state index in [1.807, 2.05) is 29.7 Å². The first kappa shape index (κ1) is 11.4. The van der Waals surface area contributed by atoms with Crippen molar-refractivity contribution in [3.05, 3.63) is 60.3 Å². The molecule has 0 fully saturated rings. The predicted molar refractivity (Wildman–Crippen MR) is 72.1 cm³/mol. The largest absolute Gasteiger partial charge is 0.306 e. The fourth-order valence-electron chi connectivity index (χ4n) is 1.86. The first-order valence-corrected chi connectivity index (χ1v) is 5.89. The lowest BCUT2D eigenvalue weighted by molar-refractivity contribution is 0.102. The fraction of sp³-hybridized carbons (Fsp3) is 0.0714. The van der Waals surface area contributed by atoms with Crippen LogP contribution in [0, 0.1) is 6.92 Å². The van der Waals surface area contributed by atoms with E-state index in [0.29, 0.717) is 11.4 Å². The molecule has 1 amide bonds. The molecule has 5 heteroatoms. The normalized spacial score (nSPS) is 10.6. The van der Waals surface area contributed by atoms with Gasteiger partial charge in [-0.1, -0.05) is 6.07 Å². The predicted octanol–water partition coefficient (Wildman–Crippen LogP) is 2.29. The molecule has 19 heavy (non-hydrogen) atoms. The third-order valence-electron chi connectivity index (χ3n) is 2.92. The molecule has 0 spiro atoms. The summed E-state index contributed by atoms with van der Waals surface area (Å²) >= 11 is 0. The van der Waals surface area contributed by atoms with Crippen molar-refractivity contribution in [2.45, 2.75) is 6.92 Å². The van der Waals surface area contributed by atoms with Crippen molar-refractivity contribution in [3.8, 4) is 0 Å². The second kappa shape index (κ2) is 4.53. The van der Waals surface area contributed by atoms with E-state index < -0.39 is 0 Å². The number of anilines is 1. The number of aromatic nitrogens is 3. The highest BCUT2D eigenvalue weighted by atomic mass is 16.1. The van der Waals surface area contributed by atoms with E-state index in [2.05, 4.69) is 15.3 Å². The molecule has 0 aromatic carbocycles. The molecule has 0 aliphatic heterocycles. The van der Waals surface area contributed by atoms with E-state index in [0.717, 1.165) is 11.1 Å². The molecule has 0 unspecified atom stereocenters. The van der Waals surface area contributed by atoms with Crippen LogP contribution in [0.1, 0.15) is 15.9 Å². The van der Waals surface area contributed by atoms with Crippen LogP contribution in [-0.4, -0.2) is 20.3 Å². The maximum absolute atomic E-state index is 12.2. The van der Waals surface area contributed by atoms with E-state index in [1.165, 1.54) is 0 Å². The quantitative estimate of drug-likeness (QED) is 0.761. The first-order chi connectivity index (χ1) is 9.24. The number of pyridine rings is 2. The zero-order chi connectivity index (χ0) is 13.2. The van der Waals surface area contributed by atoms with Gasteiger partial charge in [0, 0.05) is 18.0 Å². The summed E-state index contributed by atoms with van der Waals surface area (Å²) in [6.07, 6.45) is 6.87. The summed E-state index contributed by atoms with van der Waals surface area (Å²) in [6.45, 7) is 1.91. The van der Waals surface area contributed by atoms with Crippen molar-refractivity contribution in [3.63, 3.8) is 0 Å². The molecule has 3 aromatic heterocycles. The van der Waals surface area contributed by atoms with Crippen molar-refractivity contribution in [2.75, 3.05) is 5.32 Å². The number of aryl methyl sites for hydroxylation is 1. The van der Waals surface area contributed by atoms with Gasteiger partial charge in [0.2, 0.25) is 0 Å². The number of nitrogens with zero attached hydrogens (tertiary/aromatic N) is 3. The van der Waals surface area contributed by atoms with Crippen LogP contribution in [0.2, 0.25) is 0 Å². The number of hydrogen-bond donors (Lipinski definition) is 1. The molecular weight excluding hydrogens is 240 g/mol. The number of nitrogens with one attached hydrogen (secondary N) is 1. The highest BCUT2D eigenvalue weighted by molar-refractivity contribution is 6.04. The van der Waals surface area contributed by atoms with Crippen LogP contribution in [0.4, 0.5) is 5.82 Å². The van der Waals surface area contributed by atoms with E-state index in [9.17, 15) is 4.79 Å². The maximum atomic E-state index is 12.2. The van der Waals surface area contributed by atoms with Crippen molar-refractivity contribution in [1.82, 2.24) is 14.4 Å². The second-order valence-corrected chi connectivity index (χ2v) is 4.26. The summed E-state index contributed by atoms with van der Waals surface area (Å²) < 4.78 is 1.85. The standard InChI is InChI=1S/C14H12N4O/c1-10-3-2-5-16-13(10)17-14(19)11-4-6-18-9-15-8-12(18)7-11/h2-9H,1H3,(H,16,17,19). The number of hydrogen-bond acceptors (Lipinski definition) is 3. The SMILES string of the molecule is Cc1cccnc1NC(=O)c1ccn2cncc2c1. The van der Waals surface area contributed by atoms with Crippen LogP contribution in [0.25, 0.3) is 5.52 Å². The van der Waals surface area contributed by atoms with E-state index in [1.54, 1.807) is 30.9 Å². The van der Waals surface area contributed by atoms with Crippen LogP contribution >= 0.6 is 0 Å². The van der Waals surface area contributed by atoms with Gasteiger partial charge in [-0.2, -0.15) is 0 Å². The Morgan fingerprint density at radius 1 is 1.37 bits per heavy atom. The molecule has 94 valence electrons. The minimum Gasteiger partial charge on any atom is -0.306 e. The molecule has 0 radical (unpaired) electrons. The highest BCUT2D eigenvalue weighted by Gasteiger charge is 2.09. The number of carbonyl (C=O) groups excluding carboxylic acids is 1. The summed E-state index contributed by atoms with van der Waals surface area (Å²) in [6, 6.07) is 7.29. The van der Waals surface area contributed by atoms with Gasteiger partial charge in [-0.05, 0) is 30.7 Å². The Morgan fingerprint density at radius 3 is 3.11 bits per heavy atom. The lowest BCUT2D eigenvalue weighted by Gasteiger charge is -2.07. The van der Waals surface area contributed by atoms with Crippen LogP contribution < -0.4 is 5.32 Å². The van der Waals surface area contributed by atoms with E-state index in [-0.39, 0.29) is 5.91 Å². The molecule has 1 N–H and O–H groups in total. The molecule has 0 saturated heterocycles. The van der Waals surface area contributed by atoms with Crippen molar-refractivity contribution < 1.29 is 4.79 Å². The average Bonchev–Trinajstić information content (AvgIpc) is 2.88. The van der Waals surface area contributed by atoms with Gasteiger partial charge in [0.05, 0.1) is 18.0 Å². The molecule has 0 atom stereocenters. The summed E-state index contributed by atoms with van der Waals surface area (Å²) in [5, 5.41) is 2.80. The summed E-state index contributed by atoms with van der Waals surface area (Å²) in [5.41, 5.74) is 2.39. The Morgan fingerprint density at radius 2 is 2.26 bits per heavy atom. The van der Waals surface area contributed by atoms with Crippen molar-refractivity contribution in [1.29, 1.82) is 0 Å². The van der Waals surface area contributed by atoms with Crippen LogP contribution in [-0.2, 0) is 0 Å². The molecule has 3 heterocycles. The number of fused-ring (bicyclic) bond motifs is 1.